The standard InChI is InChI=1S/C15H24N2O2/c1-10(2)13(16)7-8-17(4)15(19)12-9-11(3)5-6-14(12)18/h5-6,9-10,13,18H,7-8,16H2,1-4H3. The molecule has 1 aromatic rings. The number of phenolic OH excluding ortho intramolecular Hbond substituents is 1. The zero-order valence-corrected chi connectivity index (χ0v) is 12.2. The summed E-state index contributed by atoms with van der Waals surface area (Å²) in [5.41, 5.74) is 7.27. The highest BCUT2D eigenvalue weighted by atomic mass is 16.3. The fourth-order valence-electron chi connectivity index (χ4n) is 1.80. The van der Waals surface area contributed by atoms with Crippen LogP contribution in [0.1, 0.15) is 36.2 Å². The molecule has 0 bridgehead atoms. The molecule has 106 valence electrons. The third-order valence-corrected chi connectivity index (χ3v) is 3.38. The van der Waals surface area contributed by atoms with Crippen LogP contribution >= 0.6 is 0 Å². The third-order valence-electron chi connectivity index (χ3n) is 3.38. The number of carbonyl (C=O) groups excluding carboxylic acids is 1. The largest absolute Gasteiger partial charge is 0.507 e. The molecule has 0 aliphatic heterocycles. The van der Waals surface area contributed by atoms with Gasteiger partial charge in [0.1, 0.15) is 5.75 Å². The van der Waals surface area contributed by atoms with Gasteiger partial charge in [0.25, 0.3) is 5.91 Å². The molecule has 0 saturated heterocycles. The van der Waals surface area contributed by atoms with Gasteiger partial charge in [0.05, 0.1) is 5.56 Å². The Kier molecular flexibility index (Phi) is 5.36. The number of benzene rings is 1. The van der Waals surface area contributed by atoms with Crippen molar-refractivity contribution in [1.29, 1.82) is 0 Å². The average molecular weight is 264 g/mol. The predicted octanol–water partition coefficient (Wildman–Crippen LogP) is 2.15. The molecule has 19 heavy (non-hydrogen) atoms. The molecule has 0 fully saturated rings. The zero-order valence-electron chi connectivity index (χ0n) is 12.2. The normalized spacial score (nSPS) is 12.5. The van der Waals surface area contributed by atoms with Crippen molar-refractivity contribution in [1.82, 2.24) is 4.90 Å². The van der Waals surface area contributed by atoms with Crippen molar-refractivity contribution in [2.24, 2.45) is 11.7 Å². The van der Waals surface area contributed by atoms with E-state index in [4.69, 9.17) is 5.73 Å². The monoisotopic (exact) mass is 264 g/mol. The lowest BCUT2D eigenvalue weighted by Gasteiger charge is -2.22. The van der Waals surface area contributed by atoms with Crippen LogP contribution in [0.15, 0.2) is 18.2 Å². The van der Waals surface area contributed by atoms with E-state index >= 15 is 0 Å². The molecule has 4 heteroatoms. The minimum atomic E-state index is -0.169. The van der Waals surface area contributed by atoms with Gasteiger partial charge in [-0.05, 0) is 31.4 Å². The second-order valence-corrected chi connectivity index (χ2v) is 5.44. The predicted molar refractivity (Wildman–Crippen MR) is 77.2 cm³/mol. The second-order valence-electron chi connectivity index (χ2n) is 5.44. The number of aryl methyl sites for hydroxylation is 1. The van der Waals surface area contributed by atoms with Gasteiger partial charge in [-0.25, -0.2) is 0 Å². The van der Waals surface area contributed by atoms with Gasteiger partial charge in [-0.2, -0.15) is 0 Å². The molecule has 4 nitrogen and oxygen atoms in total. The van der Waals surface area contributed by atoms with Crippen molar-refractivity contribution < 1.29 is 9.90 Å². The van der Waals surface area contributed by atoms with E-state index in [0.29, 0.717) is 18.0 Å². The van der Waals surface area contributed by atoms with Crippen LogP contribution in [0, 0.1) is 12.8 Å². The van der Waals surface area contributed by atoms with Gasteiger partial charge in [-0.15, -0.1) is 0 Å². The number of rotatable bonds is 5. The van der Waals surface area contributed by atoms with Crippen LogP contribution in [0.5, 0.6) is 5.75 Å². The molecule has 0 heterocycles. The molecule has 0 aromatic heterocycles. The Morgan fingerprint density at radius 3 is 2.63 bits per heavy atom. The summed E-state index contributed by atoms with van der Waals surface area (Å²) in [7, 11) is 1.73. The maximum absolute atomic E-state index is 12.2. The first-order valence-corrected chi connectivity index (χ1v) is 6.63. The van der Waals surface area contributed by atoms with Crippen LogP contribution in [0.4, 0.5) is 0 Å². The van der Waals surface area contributed by atoms with Gasteiger partial charge >= 0.3 is 0 Å². The van der Waals surface area contributed by atoms with Crippen molar-refractivity contribution in [3.05, 3.63) is 29.3 Å². The van der Waals surface area contributed by atoms with E-state index in [0.717, 1.165) is 12.0 Å². The van der Waals surface area contributed by atoms with E-state index in [2.05, 4.69) is 13.8 Å². The SMILES string of the molecule is Cc1ccc(O)c(C(=O)N(C)CCC(N)C(C)C)c1. The Balaban J connectivity index is 2.69. The van der Waals surface area contributed by atoms with Crippen molar-refractivity contribution in [2.75, 3.05) is 13.6 Å². The number of aromatic hydroxyl groups is 1. The quantitative estimate of drug-likeness (QED) is 0.856. The van der Waals surface area contributed by atoms with Crippen LogP contribution in [0.25, 0.3) is 0 Å². The molecular weight excluding hydrogens is 240 g/mol. The Bertz CT molecular complexity index is 444. The number of phenols is 1. The van der Waals surface area contributed by atoms with E-state index in [1.54, 1.807) is 30.1 Å². The Hall–Kier alpha value is -1.55. The van der Waals surface area contributed by atoms with Crippen LogP contribution < -0.4 is 5.73 Å². The van der Waals surface area contributed by atoms with Gasteiger partial charge in [-0.3, -0.25) is 4.79 Å². The molecule has 1 unspecified atom stereocenters. The van der Waals surface area contributed by atoms with Crippen molar-refractivity contribution in [3.8, 4) is 5.75 Å². The van der Waals surface area contributed by atoms with Gasteiger partial charge in [-0.1, -0.05) is 25.5 Å². The number of nitrogens with zero attached hydrogens (tertiary/aromatic N) is 1. The minimum absolute atomic E-state index is 0.0237. The molecule has 1 rings (SSSR count). The molecule has 3 N–H and O–H groups in total. The lowest BCUT2D eigenvalue weighted by Crippen LogP contribution is -2.34. The van der Waals surface area contributed by atoms with Gasteiger partial charge in [0, 0.05) is 19.6 Å². The molecular formula is C15H24N2O2. The summed E-state index contributed by atoms with van der Waals surface area (Å²) < 4.78 is 0. The maximum atomic E-state index is 12.2. The number of carbonyl (C=O) groups is 1. The summed E-state index contributed by atoms with van der Waals surface area (Å²) in [6, 6.07) is 5.12. The van der Waals surface area contributed by atoms with Crippen molar-refractivity contribution in [3.63, 3.8) is 0 Å². The van der Waals surface area contributed by atoms with Gasteiger partial charge in [0.2, 0.25) is 0 Å². The fourth-order valence-corrected chi connectivity index (χ4v) is 1.80. The summed E-state index contributed by atoms with van der Waals surface area (Å²) >= 11 is 0. The summed E-state index contributed by atoms with van der Waals surface area (Å²) in [5.74, 6) is 0.253. The van der Waals surface area contributed by atoms with E-state index in [-0.39, 0.29) is 17.7 Å². The van der Waals surface area contributed by atoms with Crippen LogP contribution in [-0.4, -0.2) is 35.5 Å². The van der Waals surface area contributed by atoms with E-state index < -0.39 is 0 Å². The highest BCUT2D eigenvalue weighted by molar-refractivity contribution is 5.96. The Morgan fingerprint density at radius 2 is 2.05 bits per heavy atom. The van der Waals surface area contributed by atoms with Crippen molar-refractivity contribution in [2.45, 2.75) is 33.2 Å². The Morgan fingerprint density at radius 1 is 1.42 bits per heavy atom. The summed E-state index contributed by atoms with van der Waals surface area (Å²) in [6.07, 6.45) is 0.756. The lowest BCUT2D eigenvalue weighted by molar-refractivity contribution is 0.0786. The summed E-state index contributed by atoms with van der Waals surface area (Å²) in [5, 5.41) is 9.75. The van der Waals surface area contributed by atoms with Crippen LogP contribution in [0.2, 0.25) is 0 Å². The zero-order chi connectivity index (χ0) is 14.6. The van der Waals surface area contributed by atoms with Gasteiger partial charge in [0.15, 0.2) is 0 Å². The molecule has 0 saturated carbocycles. The number of amides is 1. The number of nitrogens with two attached hydrogens (primary N) is 1. The Labute approximate surface area is 115 Å². The molecule has 0 aliphatic rings. The maximum Gasteiger partial charge on any atom is 0.257 e. The fraction of sp³-hybridized carbons (Fsp3) is 0.533. The average Bonchev–Trinajstić information content (AvgIpc) is 2.37. The molecule has 1 amide bonds. The van der Waals surface area contributed by atoms with Gasteiger partial charge < -0.3 is 15.7 Å². The van der Waals surface area contributed by atoms with E-state index in [1.807, 2.05) is 6.92 Å². The summed E-state index contributed by atoms with van der Waals surface area (Å²) in [4.78, 5) is 13.8. The van der Waals surface area contributed by atoms with E-state index in [1.165, 1.54) is 0 Å². The minimum Gasteiger partial charge on any atom is -0.507 e. The smallest absolute Gasteiger partial charge is 0.257 e. The molecule has 1 aromatic carbocycles. The number of hydrogen-bond acceptors (Lipinski definition) is 3. The first-order chi connectivity index (χ1) is 8.82. The first kappa shape index (κ1) is 15.5. The highest BCUT2D eigenvalue weighted by Crippen LogP contribution is 2.20. The van der Waals surface area contributed by atoms with Crippen molar-refractivity contribution >= 4 is 5.91 Å². The molecule has 0 spiro atoms. The van der Waals surface area contributed by atoms with Crippen LogP contribution in [-0.2, 0) is 0 Å². The number of hydrogen-bond donors (Lipinski definition) is 2. The second kappa shape index (κ2) is 6.57. The third kappa shape index (κ3) is 4.24. The highest BCUT2D eigenvalue weighted by Gasteiger charge is 2.17. The molecule has 0 aliphatic carbocycles. The van der Waals surface area contributed by atoms with Crippen LogP contribution in [0.3, 0.4) is 0 Å². The lowest BCUT2D eigenvalue weighted by atomic mass is 10.0. The molecule has 0 radical (unpaired) electrons. The topological polar surface area (TPSA) is 66.6 Å². The summed E-state index contributed by atoms with van der Waals surface area (Å²) in [6.45, 7) is 6.62. The van der Waals surface area contributed by atoms with E-state index in [9.17, 15) is 9.90 Å². The first-order valence-electron chi connectivity index (χ1n) is 6.63. The molecule has 1 atom stereocenters.